The molecule has 2 rings (SSSR count). The second kappa shape index (κ2) is 6.66. The van der Waals surface area contributed by atoms with Gasteiger partial charge in [-0.15, -0.1) is 0 Å². The van der Waals surface area contributed by atoms with Crippen LogP contribution in [0.1, 0.15) is 39.0 Å². The van der Waals surface area contributed by atoms with Crippen molar-refractivity contribution >= 4 is 6.21 Å². The van der Waals surface area contributed by atoms with Crippen molar-refractivity contribution < 1.29 is 33.5 Å². The van der Waals surface area contributed by atoms with Crippen molar-refractivity contribution in [2.45, 2.75) is 39.0 Å². The molecule has 2 atom stereocenters. The first-order valence-corrected chi connectivity index (χ1v) is 7.46. The quantitative estimate of drug-likeness (QED) is 0.586. The summed E-state index contributed by atoms with van der Waals surface area (Å²) >= 11 is 0. The molecule has 2 aliphatic rings. The molecule has 0 saturated heterocycles. The summed E-state index contributed by atoms with van der Waals surface area (Å²) in [6.07, 6.45) is 9.72. The molecular weight excluding hydrogens is 246 g/mol. The summed E-state index contributed by atoms with van der Waals surface area (Å²) in [4.78, 5) is 0. The Morgan fingerprint density at radius 3 is 2.53 bits per heavy atom. The van der Waals surface area contributed by atoms with Crippen molar-refractivity contribution in [2.75, 3.05) is 13.1 Å². The third-order valence-electron chi connectivity index (χ3n) is 3.25. The van der Waals surface area contributed by atoms with Crippen molar-refractivity contribution in [1.82, 2.24) is 0 Å². The van der Waals surface area contributed by atoms with Gasteiger partial charge in [0.1, 0.15) is 19.3 Å². The fourth-order valence-corrected chi connectivity index (χ4v) is 2.78. The van der Waals surface area contributed by atoms with E-state index in [-0.39, 0.29) is 0 Å². The van der Waals surface area contributed by atoms with Gasteiger partial charge in [-0.1, -0.05) is 13.3 Å². The second-order valence-electron chi connectivity index (χ2n) is 4.87. The summed E-state index contributed by atoms with van der Waals surface area (Å²) in [6, 6.07) is 0. The zero-order valence-electron chi connectivity index (χ0n) is 10.3. The Balaban J connectivity index is 0.000000249. The van der Waals surface area contributed by atoms with E-state index in [0.29, 0.717) is 0 Å². The molecule has 0 aromatic heterocycles. The molecule has 1 aliphatic carbocycles. The molecule has 6 heteroatoms. The van der Waals surface area contributed by atoms with E-state index in [9.17, 15) is 0 Å². The van der Waals surface area contributed by atoms with Crippen molar-refractivity contribution in [1.29, 1.82) is 0 Å². The summed E-state index contributed by atoms with van der Waals surface area (Å²) in [7, 11) is -4.19. The van der Waals surface area contributed by atoms with Crippen LogP contribution in [0.3, 0.4) is 0 Å². The van der Waals surface area contributed by atoms with Gasteiger partial charge in [-0.2, -0.15) is 0 Å². The molecular formula is C11H23ClNO4+. The number of hydrogen-bond acceptors (Lipinski definition) is 4. The number of hydrogen-bond donors (Lipinski definition) is 3. The molecule has 1 aliphatic heterocycles. The average Bonchev–Trinajstić information content (AvgIpc) is 2.14. The topological polar surface area (TPSA) is 86.8 Å². The van der Waals surface area contributed by atoms with E-state index in [0.717, 1.165) is 11.8 Å². The normalized spacial score (nSPS) is 28.9. The van der Waals surface area contributed by atoms with Gasteiger partial charge < -0.3 is 0 Å². The van der Waals surface area contributed by atoms with Crippen LogP contribution in [0.5, 0.6) is 0 Å². The molecule has 0 spiro atoms. The van der Waals surface area contributed by atoms with E-state index in [1.165, 1.54) is 45.2 Å². The Morgan fingerprint density at radius 1 is 1.35 bits per heavy atom. The Hall–Kier alpha value is -0.200. The molecule has 1 saturated carbocycles. The molecule has 0 radical (unpaired) electrons. The van der Waals surface area contributed by atoms with Gasteiger partial charge in [0.15, 0.2) is 0 Å². The molecule has 0 aromatic carbocycles. The van der Waals surface area contributed by atoms with E-state index >= 15 is 0 Å². The van der Waals surface area contributed by atoms with Crippen LogP contribution < -0.4 is 4.66 Å². The van der Waals surface area contributed by atoms with Crippen molar-refractivity contribution in [3.05, 3.63) is 0 Å². The van der Waals surface area contributed by atoms with Gasteiger partial charge in [-0.3, -0.25) is 0 Å². The monoisotopic (exact) mass is 268 g/mol. The number of fused-ring (bicyclic) bond motifs is 2. The first kappa shape index (κ1) is 14.9. The van der Waals surface area contributed by atoms with Gasteiger partial charge in [0.2, 0.25) is 0 Å². The zero-order valence-corrected chi connectivity index (χ0v) is 11.0. The van der Waals surface area contributed by atoms with E-state index in [2.05, 4.69) is 17.7 Å². The van der Waals surface area contributed by atoms with Crippen LogP contribution in [0.2, 0.25) is 0 Å². The van der Waals surface area contributed by atoms with Gasteiger partial charge in [0.25, 0.3) is 0 Å². The van der Waals surface area contributed by atoms with Gasteiger partial charge in [0, 0.05) is 18.3 Å². The summed E-state index contributed by atoms with van der Waals surface area (Å²) in [5.41, 5.74) is 0. The van der Waals surface area contributed by atoms with Crippen molar-refractivity contribution in [3.63, 3.8) is 0 Å². The predicted octanol–water partition coefficient (Wildman–Crippen LogP) is -0.560. The number of halogens is 1. The maximum absolute atomic E-state index is 8.83. The molecule has 3 N–H and O–H groups in total. The number of nitrogens with zero attached hydrogens (tertiary/aromatic N) is 1. The first-order valence-electron chi connectivity index (χ1n) is 6.13. The molecule has 0 aromatic rings. The van der Waals surface area contributed by atoms with Crippen molar-refractivity contribution in [2.24, 2.45) is 11.8 Å². The fraction of sp³-hybridized carbons (Fsp3) is 0.909. The molecule has 1 heterocycles. The third-order valence-corrected chi connectivity index (χ3v) is 3.25. The average molecular weight is 269 g/mol. The summed E-state index contributed by atoms with van der Waals surface area (Å²) in [6.45, 7) is 4.91. The predicted molar refractivity (Wildman–Crippen MR) is 58.5 cm³/mol. The third kappa shape index (κ3) is 6.95. The summed E-state index contributed by atoms with van der Waals surface area (Å²) in [5.74, 6) is 1.96. The Kier molecular flexibility index (Phi) is 5.82. The van der Waals surface area contributed by atoms with Crippen molar-refractivity contribution in [3.8, 4) is 0 Å². The van der Waals surface area contributed by atoms with Crippen LogP contribution in [-0.4, -0.2) is 37.9 Å². The van der Waals surface area contributed by atoms with Crippen LogP contribution in [0.15, 0.2) is 0 Å². The Bertz CT molecular complexity index is 259. The van der Waals surface area contributed by atoms with Gasteiger partial charge in [-0.25, -0.2) is 4.58 Å². The standard InChI is InChI=1S/C11H20N.ClH3O4/c1-2-6-12-8-10-4-3-5-11(7-10)9-12;2-1(3,4)5/h8,10-11H,2-7,9H2,1H3;2-4H/q+1;. The first-order chi connectivity index (χ1) is 7.88. The van der Waals surface area contributed by atoms with E-state index in [4.69, 9.17) is 18.6 Å². The van der Waals surface area contributed by atoms with Gasteiger partial charge in [0.05, 0.1) is 0 Å². The van der Waals surface area contributed by atoms with E-state index in [1.54, 1.807) is 0 Å². The second-order valence-corrected chi connectivity index (χ2v) is 5.74. The summed E-state index contributed by atoms with van der Waals surface area (Å²) < 4.78 is 32.8. The van der Waals surface area contributed by atoms with Gasteiger partial charge in [-0.05, 0) is 19.3 Å². The fourth-order valence-electron chi connectivity index (χ4n) is 2.78. The number of rotatable bonds is 2. The molecule has 2 unspecified atom stereocenters. The minimum atomic E-state index is -4.19. The molecule has 5 nitrogen and oxygen atoms in total. The molecule has 1 fully saturated rings. The van der Waals surface area contributed by atoms with Gasteiger partial charge >= 0.3 is 28.9 Å². The van der Waals surface area contributed by atoms with Crippen LogP contribution in [0.4, 0.5) is 0 Å². The maximum atomic E-state index is 8.83. The molecule has 0 amide bonds. The van der Waals surface area contributed by atoms with Crippen LogP contribution in [0, 0.1) is 22.1 Å². The minimum absolute atomic E-state index is 0.934. The SMILES string of the molecule is CCC[N+]1=CC2CCCC(C2)C1.[O-][Cl+](O)(O)O. The molecule has 102 valence electrons. The Labute approximate surface area is 104 Å². The van der Waals surface area contributed by atoms with E-state index < -0.39 is 10.2 Å². The zero-order chi connectivity index (χ0) is 12.9. The van der Waals surface area contributed by atoms with Crippen LogP contribution in [-0.2, 0) is 0 Å². The molecule has 17 heavy (non-hydrogen) atoms. The van der Waals surface area contributed by atoms with Crippen LogP contribution >= 0.6 is 0 Å². The molecule has 2 bridgehead atoms. The summed E-state index contributed by atoms with van der Waals surface area (Å²) in [5, 5.41) is 0. The van der Waals surface area contributed by atoms with Crippen LogP contribution in [0.25, 0.3) is 0 Å². The van der Waals surface area contributed by atoms with E-state index in [1.807, 2.05) is 0 Å². The Morgan fingerprint density at radius 2 is 2.00 bits per heavy atom.